The molecule has 0 saturated heterocycles. The van der Waals surface area contributed by atoms with Crippen LogP contribution in [-0.2, 0) is 0 Å². The van der Waals surface area contributed by atoms with Gasteiger partial charge in [-0.1, -0.05) is 17.4 Å². The predicted molar refractivity (Wildman–Crippen MR) is 81.7 cm³/mol. The van der Waals surface area contributed by atoms with Crippen molar-refractivity contribution in [2.24, 2.45) is 0 Å². The first kappa shape index (κ1) is 12.6. The molecule has 0 radical (unpaired) electrons. The summed E-state index contributed by atoms with van der Waals surface area (Å²) in [5.74, 6) is -0.266. The van der Waals surface area contributed by atoms with E-state index in [-0.39, 0.29) is 5.82 Å². The standard InChI is InChI=1S/C14H10BrFN2S/c1-8-2-5-13-12(6-8)18-14(19-13)17-11-4-3-9(16)7-10(11)15/h2-7H,1H3,(H,17,18). The summed E-state index contributed by atoms with van der Waals surface area (Å²) in [7, 11) is 0. The van der Waals surface area contributed by atoms with Gasteiger partial charge in [-0.15, -0.1) is 0 Å². The first-order valence-electron chi connectivity index (χ1n) is 5.71. The Bertz CT molecular complexity index is 754. The van der Waals surface area contributed by atoms with Crippen molar-refractivity contribution in [3.8, 4) is 0 Å². The van der Waals surface area contributed by atoms with Gasteiger partial charge in [0.15, 0.2) is 5.13 Å². The van der Waals surface area contributed by atoms with Gasteiger partial charge in [0, 0.05) is 4.47 Å². The number of benzene rings is 2. The molecule has 5 heteroatoms. The van der Waals surface area contributed by atoms with Crippen molar-refractivity contribution >= 4 is 48.3 Å². The average Bonchev–Trinajstić information content (AvgIpc) is 2.74. The summed E-state index contributed by atoms with van der Waals surface area (Å²) in [6, 6.07) is 10.7. The minimum atomic E-state index is -0.266. The molecule has 3 rings (SSSR count). The van der Waals surface area contributed by atoms with Crippen LogP contribution in [0, 0.1) is 12.7 Å². The molecule has 0 saturated carbocycles. The van der Waals surface area contributed by atoms with Crippen molar-refractivity contribution in [3.63, 3.8) is 0 Å². The van der Waals surface area contributed by atoms with Gasteiger partial charge in [-0.25, -0.2) is 9.37 Å². The smallest absolute Gasteiger partial charge is 0.188 e. The van der Waals surface area contributed by atoms with Crippen LogP contribution < -0.4 is 5.32 Å². The van der Waals surface area contributed by atoms with Crippen LogP contribution in [0.4, 0.5) is 15.2 Å². The van der Waals surface area contributed by atoms with E-state index in [2.05, 4.69) is 44.4 Å². The fourth-order valence-electron chi connectivity index (χ4n) is 1.80. The minimum Gasteiger partial charge on any atom is -0.331 e. The molecule has 0 fully saturated rings. The van der Waals surface area contributed by atoms with E-state index in [0.717, 1.165) is 21.0 Å². The number of nitrogens with one attached hydrogen (secondary N) is 1. The lowest BCUT2D eigenvalue weighted by Gasteiger charge is -2.04. The van der Waals surface area contributed by atoms with Gasteiger partial charge in [-0.05, 0) is 58.7 Å². The van der Waals surface area contributed by atoms with Crippen molar-refractivity contribution < 1.29 is 4.39 Å². The molecule has 2 aromatic carbocycles. The number of thiazole rings is 1. The number of aromatic nitrogens is 1. The monoisotopic (exact) mass is 336 g/mol. The lowest BCUT2D eigenvalue weighted by atomic mass is 10.2. The van der Waals surface area contributed by atoms with Crippen LogP contribution >= 0.6 is 27.3 Å². The van der Waals surface area contributed by atoms with E-state index >= 15 is 0 Å². The molecule has 1 heterocycles. The Labute approximate surface area is 122 Å². The summed E-state index contributed by atoms with van der Waals surface area (Å²) >= 11 is 4.91. The molecule has 0 unspecified atom stereocenters. The highest BCUT2D eigenvalue weighted by atomic mass is 79.9. The maximum absolute atomic E-state index is 13.0. The SMILES string of the molecule is Cc1ccc2sc(Nc3ccc(F)cc3Br)nc2c1. The van der Waals surface area contributed by atoms with Crippen LogP contribution in [0.1, 0.15) is 5.56 Å². The molecule has 0 atom stereocenters. The van der Waals surface area contributed by atoms with E-state index in [9.17, 15) is 4.39 Å². The molecule has 1 N–H and O–H groups in total. The zero-order valence-electron chi connectivity index (χ0n) is 10.1. The van der Waals surface area contributed by atoms with Gasteiger partial charge in [0.25, 0.3) is 0 Å². The van der Waals surface area contributed by atoms with Crippen LogP contribution in [0.5, 0.6) is 0 Å². The molecule has 0 aliphatic carbocycles. The number of anilines is 2. The largest absolute Gasteiger partial charge is 0.331 e. The number of halogens is 2. The first-order valence-corrected chi connectivity index (χ1v) is 7.32. The van der Waals surface area contributed by atoms with Crippen molar-refractivity contribution in [1.82, 2.24) is 4.98 Å². The van der Waals surface area contributed by atoms with E-state index in [1.807, 2.05) is 6.92 Å². The van der Waals surface area contributed by atoms with Gasteiger partial charge in [0.1, 0.15) is 5.82 Å². The first-order chi connectivity index (χ1) is 9.11. The highest BCUT2D eigenvalue weighted by Gasteiger charge is 2.07. The molecule has 2 nitrogen and oxygen atoms in total. The topological polar surface area (TPSA) is 24.9 Å². The number of fused-ring (bicyclic) bond motifs is 1. The lowest BCUT2D eigenvalue weighted by molar-refractivity contribution is 0.627. The summed E-state index contributed by atoms with van der Waals surface area (Å²) < 4.78 is 14.8. The van der Waals surface area contributed by atoms with Gasteiger partial charge in [-0.3, -0.25) is 0 Å². The molecular formula is C14H10BrFN2S. The third-order valence-corrected chi connectivity index (χ3v) is 4.32. The predicted octanol–water partition coefficient (Wildman–Crippen LogP) is 5.25. The van der Waals surface area contributed by atoms with Gasteiger partial charge in [0.2, 0.25) is 0 Å². The van der Waals surface area contributed by atoms with Crippen LogP contribution in [0.25, 0.3) is 10.2 Å². The number of rotatable bonds is 2. The third-order valence-electron chi connectivity index (χ3n) is 2.72. The number of nitrogens with zero attached hydrogens (tertiary/aromatic N) is 1. The summed E-state index contributed by atoms with van der Waals surface area (Å²) in [4.78, 5) is 4.53. The van der Waals surface area contributed by atoms with Crippen molar-refractivity contribution in [2.75, 3.05) is 5.32 Å². The third kappa shape index (κ3) is 2.62. The van der Waals surface area contributed by atoms with Gasteiger partial charge < -0.3 is 5.32 Å². The molecule has 19 heavy (non-hydrogen) atoms. The molecule has 0 aliphatic rings. The highest BCUT2D eigenvalue weighted by Crippen LogP contribution is 2.31. The van der Waals surface area contributed by atoms with Gasteiger partial charge in [0.05, 0.1) is 15.9 Å². The molecule has 3 aromatic rings. The Morgan fingerprint density at radius 2 is 2.05 bits per heavy atom. The highest BCUT2D eigenvalue weighted by molar-refractivity contribution is 9.10. The summed E-state index contributed by atoms with van der Waals surface area (Å²) in [6.45, 7) is 2.04. The second-order valence-electron chi connectivity index (χ2n) is 4.24. The Morgan fingerprint density at radius 3 is 2.84 bits per heavy atom. The normalized spacial score (nSPS) is 10.9. The second kappa shape index (κ2) is 4.90. The lowest BCUT2D eigenvalue weighted by Crippen LogP contribution is -1.90. The van der Waals surface area contributed by atoms with E-state index in [4.69, 9.17) is 0 Å². The zero-order valence-corrected chi connectivity index (χ0v) is 12.5. The number of hydrogen-bond donors (Lipinski definition) is 1. The van der Waals surface area contributed by atoms with Crippen LogP contribution in [0.15, 0.2) is 40.9 Å². The molecule has 0 amide bonds. The Morgan fingerprint density at radius 1 is 1.21 bits per heavy atom. The number of aryl methyl sites for hydroxylation is 1. The quantitative estimate of drug-likeness (QED) is 0.691. The molecule has 0 bridgehead atoms. The second-order valence-corrected chi connectivity index (χ2v) is 6.12. The van der Waals surface area contributed by atoms with Crippen molar-refractivity contribution in [3.05, 3.63) is 52.3 Å². The minimum absolute atomic E-state index is 0.266. The van der Waals surface area contributed by atoms with Gasteiger partial charge in [-0.2, -0.15) is 0 Å². The summed E-state index contributed by atoms with van der Waals surface area (Å²) in [5, 5.41) is 4.00. The average molecular weight is 337 g/mol. The van der Waals surface area contributed by atoms with Crippen molar-refractivity contribution in [1.29, 1.82) is 0 Å². The Hall–Kier alpha value is -1.46. The summed E-state index contributed by atoms with van der Waals surface area (Å²) in [5.41, 5.74) is 2.97. The van der Waals surface area contributed by atoms with E-state index in [0.29, 0.717) is 4.47 Å². The fourth-order valence-corrected chi connectivity index (χ4v) is 3.11. The maximum Gasteiger partial charge on any atom is 0.188 e. The van der Waals surface area contributed by atoms with E-state index in [1.165, 1.54) is 17.7 Å². The van der Waals surface area contributed by atoms with Gasteiger partial charge >= 0.3 is 0 Å². The molecular weight excluding hydrogens is 327 g/mol. The maximum atomic E-state index is 13.0. The van der Waals surface area contributed by atoms with Crippen LogP contribution in [-0.4, -0.2) is 4.98 Å². The van der Waals surface area contributed by atoms with E-state index < -0.39 is 0 Å². The van der Waals surface area contributed by atoms with Crippen molar-refractivity contribution in [2.45, 2.75) is 6.92 Å². The Balaban J connectivity index is 1.96. The van der Waals surface area contributed by atoms with Crippen LogP contribution in [0.3, 0.4) is 0 Å². The van der Waals surface area contributed by atoms with E-state index in [1.54, 1.807) is 17.4 Å². The Kier molecular flexibility index (Phi) is 3.24. The fraction of sp³-hybridized carbons (Fsp3) is 0.0714. The summed E-state index contributed by atoms with van der Waals surface area (Å²) in [6.07, 6.45) is 0. The zero-order chi connectivity index (χ0) is 13.4. The molecule has 0 spiro atoms. The number of hydrogen-bond acceptors (Lipinski definition) is 3. The molecule has 1 aromatic heterocycles. The molecule has 0 aliphatic heterocycles. The van der Waals surface area contributed by atoms with Crippen LogP contribution in [0.2, 0.25) is 0 Å². The molecule has 96 valence electrons.